The lowest BCUT2D eigenvalue weighted by Gasteiger charge is -2.10. The van der Waals surface area contributed by atoms with Crippen molar-refractivity contribution in [1.29, 1.82) is 0 Å². The van der Waals surface area contributed by atoms with E-state index < -0.39 is 0 Å². The lowest BCUT2D eigenvalue weighted by molar-refractivity contribution is 0.415. The van der Waals surface area contributed by atoms with E-state index in [2.05, 4.69) is 20.8 Å². The van der Waals surface area contributed by atoms with Gasteiger partial charge in [-0.25, -0.2) is 0 Å². The Morgan fingerprint density at radius 2 is 2.10 bits per heavy atom. The van der Waals surface area contributed by atoms with Gasteiger partial charge < -0.3 is 19.8 Å². The van der Waals surface area contributed by atoms with E-state index in [-0.39, 0.29) is 6.04 Å². The third-order valence-electron chi connectivity index (χ3n) is 2.97. The molecule has 1 aromatic carbocycles. The second-order valence-electron chi connectivity index (χ2n) is 4.38. The summed E-state index contributed by atoms with van der Waals surface area (Å²) in [6.45, 7) is 3.85. The normalized spacial score (nSPS) is 12.2. The number of nitrogens with zero attached hydrogens (tertiary/aromatic N) is 2. The summed E-state index contributed by atoms with van der Waals surface area (Å²) in [5, 5.41) is 14.6. The van der Waals surface area contributed by atoms with Crippen LogP contribution in [0.5, 0.6) is 5.75 Å². The van der Waals surface area contributed by atoms with Crippen molar-refractivity contribution < 1.29 is 9.15 Å². The van der Waals surface area contributed by atoms with Gasteiger partial charge in [0, 0.05) is 11.1 Å². The Hall–Kier alpha value is -1.79. The molecule has 0 amide bonds. The van der Waals surface area contributed by atoms with Crippen molar-refractivity contribution in [3.8, 4) is 5.75 Å². The van der Waals surface area contributed by atoms with E-state index >= 15 is 0 Å². The predicted octanol–water partition coefficient (Wildman–Crippen LogP) is 3.06. The Morgan fingerprint density at radius 3 is 2.75 bits per heavy atom. The van der Waals surface area contributed by atoms with Crippen molar-refractivity contribution in [1.82, 2.24) is 15.5 Å². The molecular weight excluding hydrogens is 280 g/mol. The van der Waals surface area contributed by atoms with Crippen molar-refractivity contribution in [3.05, 3.63) is 28.6 Å². The van der Waals surface area contributed by atoms with Crippen LogP contribution in [-0.2, 0) is 0 Å². The van der Waals surface area contributed by atoms with Gasteiger partial charge in [0.05, 0.1) is 18.8 Å². The Bertz CT molecular complexity index is 600. The average molecular weight is 297 g/mol. The summed E-state index contributed by atoms with van der Waals surface area (Å²) in [7, 11) is 3.40. The Balaban J connectivity index is 2.25. The van der Waals surface area contributed by atoms with Crippen molar-refractivity contribution in [2.45, 2.75) is 19.9 Å². The quantitative estimate of drug-likeness (QED) is 0.883. The van der Waals surface area contributed by atoms with E-state index in [0.29, 0.717) is 22.7 Å². The maximum atomic E-state index is 6.06. The molecule has 0 fully saturated rings. The minimum Gasteiger partial charge on any atom is -0.495 e. The molecule has 0 aliphatic carbocycles. The molecule has 2 N–H and O–H groups in total. The number of anilines is 2. The Labute approximate surface area is 122 Å². The first-order valence-corrected chi connectivity index (χ1v) is 6.54. The molecule has 0 radical (unpaired) electrons. The van der Waals surface area contributed by atoms with Crippen molar-refractivity contribution in [2.75, 3.05) is 19.5 Å². The molecule has 0 saturated carbocycles. The summed E-state index contributed by atoms with van der Waals surface area (Å²) < 4.78 is 10.8. The van der Waals surface area contributed by atoms with Gasteiger partial charge in [0.15, 0.2) is 0 Å². The number of hydrogen-bond donors (Lipinski definition) is 2. The highest BCUT2D eigenvalue weighted by Crippen LogP contribution is 2.32. The molecule has 0 bridgehead atoms. The number of nitrogens with one attached hydrogen (secondary N) is 2. The number of rotatable bonds is 5. The average Bonchev–Trinajstić information content (AvgIpc) is 2.90. The van der Waals surface area contributed by atoms with Crippen LogP contribution in [0.25, 0.3) is 0 Å². The molecule has 0 aliphatic rings. The summed E-state index contributed by atoms with van der Waals surface area (Å²) in [5.41, 5.74) is 1.65. The van der Waals surface area contributed by atoms with Crippen LogP contribution in [0.2, 0.25) is 5.02 Å². The van der Waals surface area contributed by atoms with Gasteiger partial charge in [-0.2, -0.15) is 0 Å². The summed E-state index contributed by atoms with van der Waals surface area (Å²) in [6.07, 6.45) is 0. The van der Waals surface area contributed by atoms with Crippen molar-refractivity contribution in [2.24, 2.45) is 0 Å². The Morgan fingerprint density at radius 1 is 1.35 bits per heavy atom. The molecule has 2 aromatic rings. The Kier molecular flexibility index (Phi) is 4.46. The molecule has 1 aromatic heterocycles. The van der Waals surface area contributed by atoms with Gasteiger partial charge in [-0.15, -0.1) is 5.10 Å². The summed E-state index contributed by atoms with van der Waals surface area (Å²) in [5.74, 6) is 1.13. The van der Waals surface area contributed by atoms with Crippen LogP contribution in [0, 0.1) is 6.92 Å². The highest BCUT2D eigenvalue weighted by molar-refractivity contribution is 6.31. The van der Waals surface area contributed by atoms with E-state index in [9.17, 15) is 0 Å². The first-order chi connectivity index (χ1) is 9.55. The zero-order valence-corrected chi connectivity index (χ0v) is 12.6. The number of methoxy groups -OCH3 is 1. The van der Waals surface area contributed by atoms with Crippen molar-refractivity contribution >= 4 is 23.3 Å². The number of halogens is 1. The maximum absolute atomic E-state index is 6.06. The standard InChI is InChI=1S/C13H17ClN4O2/c1-7-5-10(11(19-4)6-9(7)14)16-13-18-17-12(20-13)8(2)15-3/h5-6,8,15H,1-4H3,(H,16,18). The van der Waals surface area contributed by atoms with Crippen LogP contribution in [0.15, 0.2) is 16.5 Å². The van der Waals surface area contributed by atoms with Gasteiger partial charge in [-0.05, 0) is 32.5 Å². The lowest BCUT2D eigenvalue weighted by atomic mass is 10.2. The molecule has 0 spiro atoms. The monoisotopic (exact) mass is 296 g/mol. The van der Waals surface area contributed by atoms with Crippen LogP contribution < -0.4 is 15.4 Å². The van der Waals surface area contributed by atoms with E-state index in [1.807, 2.05) is 27.0 Å². The minimum absolute atomic E-state index is 0.00750. The second-order valence-corrected chi connectivity index (χ2v) is 4.79. The maximum Gasteiger partial charge on any atom is 0.320 e. The third kappa shape index (κ3) is 3.02. The summed E-state index contributed by atoms with van der Waals surface area (Å²) in [6, 6.07) is 3.91. The van der Waals surface area contributed by atoms with Gasteiger partial charge in [-0.1, -0.05) is 16.7 Å². The smallest absolute Gasteiger partial charge is 0.320 e. The SMILES string of the molecule is CNC(C)c1nnc(Nc2cc(C)c(Cl)cc2OC)o1. The molecule has 0 aliphatic heterocycles. The number of ether oxygens (including phenoxy) is 1. The van der Waals surface area contributed by atoms with Crippen LogP contribution in [0.4, 0.5) is 11.7 Å². The number of hydrogen-bond acceptors (Lipinski definition) is 6. The van der Waals surface area contributed by atoms with Gasteiger partial charge in [0.2, 0.25) is 5.89 Å². The van der Waals surface area contributed by atoms with Crippen LogP contribution in [0.3, 0.4) is 0 Å². The fourth-order valence-electron chi connectivity index (χ4n) is 1.63. The molecule has 0 saturated heterocycles. The lowest BCUT2D eigenvalue weighted by Crippen LogP contribution is -2.12. The van der Waals surface area contributed by atoms with Gasteiger partial charge >= 0.3 is 6.01 Å². The first kappa shape index (κ1) is 14.6. The second kappa shape index (κ2) is 6.11. The molecular formula is C13H17ClN4O2. The molecule has 1 atom stereocenters. The first-order valence-electron chi connectivity index (χ1n) is 6.17. The molecule has 7 heteroatoms. The summed E-state index contributed by atoms with van der Waals surface area (Å²) in [4.78, 5) is 0. The largest absolute Gasteiger partial charge is 0.495 e. The van der Waals surface area contributed by atoms with Gasteiger partial charge in [0.25, 0.3) is 0 Å². The highest BCUT2D eigenvalue weighted by Gasteiger charge is 2.14. The van der Waals surface area contributed by atoms with Crippen molar-refractivity contribution in [3.63, 3.8) is 0 Å². The van der Waals surface area contributed by atoms with Crippen LogP contribution in [0.1, 0.15) is 24.4 Å². The van der Waals surface area contributed by atoms with Gasteiger partial charge in [0.1, 0.15) is 5.75 Å². The highest BCUT2D eigenvalue weighted by atomic mass is 35.5. The number of aryl methyl sites for hydroxylation is 1. The molecule has 6 nitrogen and oxygen atoms in total. The summed E-state index contributed by atoms with van der Waals surface area (Å²) >= 11 is 6.06. The van der Waals surface area contributed by atoms with E-state index in [1.165, 1.54) is 0 Å². The van der Waals surface area contributed by atoms with Crippen LogP contribution >= 0.6 is 11.6 Å². The van der Waals surface area contributed by atoms with E-state index in [1.54, 1.807) is 13.2 Å². The number of aromatic nitrogens is 2. The van der Waals surface area contributed by atoms with Gasteiger partial charge in [-0.3, -0.25) is 0 Å². The molecule has 1 heterocycles. The third-order valence-corrected chi connectivity index (χ3v) is 3.37. The molecule has 20 heavy (non-hydrogen) atoms. The topological polar surface area (TPSA) is 72.2 Å². The van der Waals surface area contributed by atoms with E-state index in [4.69, 9.17) is 20.8 Å². The van der Waals surface area contributed by atoms with E-state index in [0.717, 1.165) is 11.3 Å². The molecule has 108 valence electrons. The van der Waals surface area contributed by atoms with Crippen LogP contribution in [-0.4, -0.2) is 24.4 Å². The zero-order chi connectivity index (χ0) is 14.7. The minimum atomic E-state index is -0.00750. The molecule has 2 rings (SSSR count). The predicted molar refractivity (Wildman–Crippen MR) is 77.8 cm³/mol. The fourth-order valence-corrected chi connectivity index (χ4v) is 1.78. The fraction of sp³-hybridized carbons (Fsp3) is 0.385. The number of benzene rings is 1. The molecule has 1 unspecified atom stereocenters. The zero-order valence-electron chi connectivity index (χ0n) is 11.8.